The van der Waals surface area contributed by atoms with Crippen LogP contribution in [-0.2, 0) is 0 Å². The van der Waals surface area contributed by atoms with Crippen molar-refractivity contribution in [2.24, 2.45) is 0 Å². The number of rotatable bonds is 4. The second-order valence-electron chi connectivity index (χ2n) is 7.73. The smallest absolute Gasteiger partial charge is 0.219 e. The van der Waals surface area contributed by atoms with Crippen molar-refractivity contribution in [3.8, 4) is 33.9 Å². The van der Waals surface area contributed by atoms with Gasteiger partial charge in [0.15, 0.2) is 0 Å². The molecule has 3 aromatic heterocycles. The molecule has 4 N–H and O–H groups in total. The zero-order valence-electron chi connectivity index (χ0n) is 17.9. The molecule has 0 saturated carbocycles. The molecule has 0 aliphatic carbocycles. The molecule has 0 aliphatic heterocycles. The maximum atomic E-state index is 6.34. The molecule has 5 aromatic rings. The van der Waals surface area contributed by atoms with Crippen LogP contribution in [0.3, 0.4) is 0 Å². The first kappa shape index (κ1) is 19.6. The van der Waals surface area contributed by atoms with Crippen molar-refractivity contribution >= 4 is 17.0 Å². The van der Waals surface area contributed by atoms with Crippen LogP contribution in [0, 0.1) is 13.8 Å². The average Bonchev–Trinajstić information content (AvgIpc) is 3.09. The van der Waals surface area contributed by atoms with E-state index in [1.165, 1.54) is 0 Å². The molecule has 3 heterocycles. The van der Waals surface area contributed by atoms with Crippen LogP contribution >= 0.6 is 0 Å². The van der Waals surface area contributed by atoms with Crippen LogP contribution in [0.5, 0.6) is 11.6 Å². The lowest BCUT2D eigenvalue weighted by Gasteiger charge is -2.10. The van der Waals surface area contributed by atoms with Crippen molar-refractivity contribution in [1.82, 2.24) is 14.4 Å². The Morgan fingerprint density at radius 1 is 0.812 bits per heavy atom. The van der Waals surface area contributed by atoms with E-state index in [0.29, 0.717) is 17.4 Å². The zero-order valence-corrected chi connectivity index (χ0v) is 17.9. The quantitative estimate of drug-likeness (QED) is 0.367. The third-order valence-electron chi connectivity index (χ3n) is 5.55. The Morgan fingerprint density at radius 2 is 1.50 bits per heavy atom. The number of aryl methyl sites for hydroxylation is 2. The highest BCUT2D eigenvalue weighted by molar-refractivity contribution is 6.00. The Labute approximate surface area is 186 Å². The molecule has 0 fully saturated rings. The van der Waals surface area contributed by atoms with Gasteiger partial charge in [0.25, 0.3) is 0 Å². The van der Waals surface area contributed by atoms with Gasteiger partial charge in [-0.15, -0.1) is 0 Å². The Bertz CT molecular complexity index is 1420. The predicted molar refractivity (Wildman–Crippen MR) is 129 cm³/mol. The maximum absolute atomic E-state index is 6.34. The zero-order chi connectivity index (χ0) is 22.2. The van der Waals surface area contributed by atoms with Crippen LogP contribution < -0.4 is 16.2 Å². The van der Waals surface area contributed by atoms with Crippen molar-refractivity contribution in [2.75, 3.05) is 11.5 Å². The van der Waals surface area contributed by atoms with Crippen LogP contribution in [0.4, 0.5) is 11.5 Å². The van der Waals surface area contributed by atoms with E-state index in [1.807, 2.05) is 79.9 Å². The minimum Gasteiger partial charge on any atom is -0.439 e. The number of anilines is 2. The van der Waals surface area contributed by atoms with E-state index in [1.54, 1.807) is 6.20 Å². The molecule has 0 bridgehead atoms. The molecule has 2 aromatic carbocycles. The van der Waals surface area contributed by atoms with Crippen LogP contribution in [0.2, 0.25) is 0 Å². The maximum Gasteiger partial charge on any atom is 0.219 e. The lowest BCUT2D eigenvalue weighted by molar-refractivity contribution is 0.462. The van der Waals surface area contributed by atoms with Crippen molar-refractivity contribution in [2.45, 2.75) is 13.8 Å². The van der Waals surface area contributed by atoms with E-state index >= 15 is 0 Å². The van der Waals surface area contributed by atoms with Crippen molar-refractivity contribution < 1.29 is 4.74 Å². The van der Waals surface area contributed by atoms with Crippen molar-refractivity contribution in [1.29, 1.82) is 0 Å². The molecule has 0 atom stereocenters. The highest BCUT2D eigenvalue weighted by Crippen LogP contribution is 2.42. The Hall–Kier alpha value is -4.32. The van der Waals surface area contributed by atoms with E-state index in [9.17, 15) is 0 Å². The Balaban J connectivity index is 1.64. The summed E-state index contributed by atoms with van der Waals surface area (Å²) in [5.41, 5.74) is 20.1. The summed E-state index contributed by atoms with van der Waals surface area (Å²) in [4.78, 5) is 8.75. The normalized spacial score (nSPS) is 11.1. The third-order valence-corrected chi connectivity index (χ3v) is 5.55. The molecular weight excluding hydrogens is 398 g/mol. The summed E-state index contributed by atoms with van der Waals surface area (Å²) in [6, 6.07) is 21.6. The van der Waals surface area contributed by atoms with Crippen molar-refractivity contribution in [3.63, 3.8) is 0 Å². The fourth-order valence-corrected chi connectivity index (χ4v) is 4.06. The van der Waals surface area contributed by atoms with Gasteiger partial charge < -0.3 is 20.6 Å². The van der Waals surface area contributed by atoms with Gasteiger partial charge >= 0.3 is 0 Å². The number of pyridine rings is 1. The minimum atomic E-state index is 0.483. The number of nitrogens with two attached hydrogens (primary N) is 2. The molecule has 0 amide bonds. The minimum absolute atomic E-state index is 0.483. The van der Waals surface area contributed by atoms with Crippen molar-refractivity contribution in [3.05, 3.63) is 90.5 Å². The Kier molecular flexibility index (Phi) is 4.75. The van der Waals surface area contributed by atoms with Gasteiger partial charge in [-0.3, -0.25) is 0 Å². The summed E-state index contributed by atoms with van der Waals surface area (Å²) in [5.74, 6) is 1.77. The summed E-state index contributed by atoms with van der Waals surface area (Å²) in [6.07, 6.45) is 3.66. The molecule has 0 aliphatic rings. The molecule has 0 radical (unpaired) electrons. The molecule has 6 heteroatoms. The number of ether oxygens (including phenoxy) is 1. The summed E-state index contributed by atoms with van der Waals surface area (Å²) >= 11 is 0. The van der Waals surface area contributed by atoms with E-state index in [4.69, 9.17) is 16.2 Å². The molecule has 0 spiro atoms. The second-order valence-corrected chi connectivity index (χ2v) is 7.73. The number of hydrogen-bond acceptors (Lipinski definition) is 5. The summed E-state index contributed by atoms with van der Waals surface area (Å²) < 4.78 is 8.02. The van der Waals surface area contributed by atoms with Gasteiger partial charge in [-0.05, 0) is 55.3 Å². The van der Waals surface area contributed by atoms with Crippen LogP contribution in [-0.4, -0.2) is 14.4 Å². The molecule has 158 valence electrons. The number of hydrogen-bond donors (Lipinski definition) is 2. The van der Waals surface area contributed by atoms with Gasteiger partial charge in [-0.25, -0.2) is 9.97 Å². The van der Waals surface area contributed by atoms with Crippen LogP contribution in [0.25, 0.3) is 27.8 Å². The average molecular weight is 422 g/mol. The van der Waals surface area contributed by atoms with Crippen LogP contribution in [0.15, 0.2) is 79.1 Å². The topological polar surface area (TPSA) is 91.5 Å². The first-order valence-corrected chi connectivity index (χ1v) is 10.3. The fraction of sp³-hybridized carbons (Fsp3) is 0.0769. The number of nitrogen functional groups attached to an aromatic ring is 2. The SMILES string of the molecule is Cc1cccc(Oc2ccc(-c3c(-c4ccc(N)cc4)c(C)n4ccnc(N)c34)cc2)n1. The van der Waals surface area contributed by atoms with E-state index < -0.39 is 0 Å². The van der Waals surface area contributed by atoms with Gasteiger partial charge in [0, 0.05) is 46.7 Å². The standard InChI is InChI=1S/C26H23N5O/c1-16-4-3-5-22(30-16)32-21-12-8-19(9-13-21)24-23(18-6-10-20(27)11-7-18)17(2)31-15-14-29-26(28)25(24)31/h3-15H,27H2,1-2H3,(H2,28,29). The van der Waals surface area contributed by atoms with Gasteiger partial charge in [0.05, 0.1) is 5.52 Å². The van der Waals surface area contributed by atoms with E-state index in [-0.39, 0.29) is 0 Å². The second kappa shape index (κ2) is 7.74. The molecule has 5 rings (SSSR count). The Morgan fingerprint density at radius 3 is 2.22 bits per heavy atom. The lowest BCUT2D eigenvalue weighted by Crippen LogP contribution is -1.96. The first-order valence-electron chi connectivity index (χ1n) is 10.3. The fourth-order valence-electron chi connectivity index (χ4n) is 4.06. The first-order chi connectivity index (χ1) is 15.5. The van der Waals surface area contributed by atoms with Gasteiger partial charge in [0.1, 0.15) is 11.6 Å². The molecule has 0 unspecified atom stereocenters. The number of benzene rings is 2. The molecule has 0 saturated heterocycles. The van der Waals surface area contributed by atoms with E-state index in [2.05, 4.69) is 21.3 Å². The van der Waals surface area contributed by atoms with Crippen LogP contribution in [0.1, 0.15) is 11.4 Å². The predicted octanol–water partition coefficient (Wildman–Crippen LogP) is 5.64. The lowest BCUT2D eigenvalue weighted by atomic mass is 9.95. The number of fused-ring (bicyclic) bond motifs is 1. The summed E-state index contributed by atoms with van der Waals surface area (Å²) in [5, 5.41) is 0. The van der Waals surface area contributed by atoms with Gasteiger partial charge in [-0.2, -0.15) is 0 Å². The molecular formula is C26H23N5O. The van der Waals surface area contributed by atoms with Gasteiger partial charge in [0.2, 0.25) is 5.88 Å². The number of nitrogens with zero attached hydrogens (tertiary/aromatic N) is 3. The highest BCUT2D eigenvalue weighted by Gasteiger charge is 2.21. The molecule has 32 heavy (non-hydrogen) atoms. The van der Waals surface area contributed by atoms with E-state index in [0.717, 1.165) is 44.8 Å². The highest BCUT2D eigenvalue weighted by atomic mass is 16.5. The number of aromatic nitrogens is 3. The third kappa shape index (κ3) is 3.41. The monoisotopic (exact) mass is 421 g/mol. The molecule has 6 nitrogen and oxygen atoms in total. The van der Waals surface area contributed by atoms with Gasteiger partial charge in [-0.1, -0.05) is 30.3 Å². The summed E-state index contributed by atoms with van der Waals surface area (Å²) in [6.45, 7) is 4.02. The summed E-state index contributed by atoms with van der Waals surface area (Å²) in [7, 11) is 0. The largest absolute Gasteiger partial charge is 0.439 e.